The van der Waals surface area contributed by atoms with Gasteiger partial charge in [0.05, 0.1) is 0 Å². The maximum Gasteiger partial charge on any atom is 0.410 e. The first-order valence-corrected chi connectivity index (χ1v) is 8.87. The molecule has 0 unspecified atom stereocenters. The van der Waals surface area contributed by atoms with Gasteiger partial charge in [0.2, 0.25) is 0 Å². The number of H-pyrrole nitrogens is 1. The Morgan fingerprint density at radius 3 is 2.65 bits per heavy atom. The molecule has 5 heteroatoms. The van der Waals surface area contributed by atoms with Gasteiger partial charge in [-0.25, -0.2) is 4.79 Å². The second-order valence-electron chi connectivity index (χ2n) is 7.18. The summed E-state index contributed by atoms with van der Waals surface area (Å²) >= 11 is 3.51. The summed E-state index contributed by atoms with van der Waals surface area (Å²) in [6.45, 7) is 7.22. The Balaban J connectivity index is 1.67. The van der Waals surface area contributed by atoms with Gasteiger partial charge in [0, 0.05) is 34.7 Å². The molecule has 1 saturated heterocycles. The number of carbonyl (C=O) groups excluding carboxylic acids is 1. The van der Waals surface area contributed by atoms with Crippen molar-refractivity contribution in [1.29, 1.82) is 0 Å². The number of halogens is 1. The second-order valence-corrected chi connectivity index (χ2v) is 8.09. The van der Waals surface area contributed by atoms with Crippen LogP contribution in [0.2, 0.25) is 0 Å². The Hall–Kier alpha value is -1.49. The molecule has 0 bridgehead atoms. The molecule has 1 aromatic heterocycles. The van der Waals surface area contributed by atoms with Gasteiger partial charge in [0.15, 0.2) is 0 Å². The number of rotatable bonds is 1. The Labute approximate surface area is 145 Å². The lowest BCUT2D eigenvalue weighted by molar-refractivity contribution is 0.0205. The first kappa shape index (κ1) is 16.4. The molecule has 1 aliphatic heterocycles. The average molecular weight is 379 g/mol. The fourth-order valence-electron chi connectivity index (χ4n) is 3.16. The first-order chi connectivity index (χ1) is 10.8. The van der Waals surface area contributed by atoms with Crippen LogP contribution in [0.3, 0.4) is 0 Å². The maximum absolute atomic E-state index is 12.1. The highest BCUT2D eigenvalue weighted by atomic mass is 79.9. The van der Waals surface area contributed by atoms with E-state index >= 15 is 0 Å². The number of fused-ring (bicyclic) bond motifs is 1. The van der Waals surface area contributed by atoms with E-state index in [2.05, 4.69) is 45.3 Å². The van der Waals surface area contributed by atoms with Gasteiger partial charge in [-0.1, -0.05) is 22.0 Å². The van der Waals surface area contributed by atoms with Crippen molar-refractivity contribution in [3.05, 3.63) is 34.4 Å². The zero-order valence-corrected chi connectivity index (χ0v) is 15.4. The van der Waals surface area contributed by atoms with E-state index in [-0.39, 0.29) is 6.09 Å². The molecule has 0 radical (unpaired) electrons. The summed E-state index contributed by atoms with van der Waals surface area (Å²) in [7, 11) is 0. The van der Waals surface area contributed by atoms with Gasteiger partial charge < -0.3 is 14.6 Å². The summed E-state index contributed by atoms with van der Waals surface area (Å²) in [5.74, 6) is 0.489. The van der Waals surface area contributed by atoms with Crippen LogP contribution in [-0.4, -0.2) is 34.7 Å². The van der Waals surface area contributed by atoms with E-state index in [4.69, 9.17) is 4.74 Å². The van der Waals surface area contributed by atoms with Crippen LogP contribution in [0.1, 0.15) is 45.1 Å². The number of amides is 1. The van der Waals surface area contributed by atoms with Gasteiger partial charge in [0.1, 0.15) is 5.60 Å². The van der Waals surface area contributed by atoms with Gasteiger partial charge in [-0.05, 0) is 57.2 Å². The number of nitrogens with one attached hydrogen (secondary N) is 1. The molecule has 2 heterocycles. The van der Waals surface area contributed by atoms with E-state index in [0.29, 0.717) is 5.92 Å². The molecule has 0 spiro atoms. The quantitative estimate of drug-likeness (QED) is 0.754. The van der Waals surface area contributed by atoms with Crippen LogP contribution in [0.4, 0.5) is 4.79 Å². The van der Waals surface area contributed by atoms with E-state index in [1.54, 1.807) is 0 Å². The van der Waals surface area contributed by atoms with E-state index in [1.165, 1.54) is 10.9 Å². The van der Waals surface area contributed by atoms with Crippen molar-refractivity contribution in [3.63, 3.8) is 0 Å². The van der Waals surface area contributed by atoms with Gasteiger partial charge in [-0.15, -0.1) is 0 Å². The van der Waals surface area contributed by atoms with Crippen molar-refractivity contribution in [3.8, 4) is 0 Å². The van der Waals surface area contributed by atoms with E-state index in [0.717, 1.165) is 35.9 Å². The lowest BCUT2D eigenvalue weighted by Crippen LogP contribution is -2.41. The molecule has 0 atom stereocenters. The zero-order valence-electron chi connectivity index (χ0n) is 13.9. The van der Waals surface area contributed by atoms with Crippen molar-refractivity contribution in [2.24, 2.45) is 0 Å². The van der Waals surface area contributed by atoms with E-state index in [9.17, 15) is 4.79 Å². The molecule has 3 rings (SSSR count). The molecule has 0 aliphatic carbocycles. The smallest absolute Gasteiger partial charge is 0.410 e. The number of likely N-dealkylation sites (tertiary alicyclic amines) is 1. The summed E-state index contributed by atoms with van der Waals surface area (Å²) in [6, 6.07) is 6.34. The molecule has 1 aliphatic rings. The topological polar surface area (TPSA) is 45.3 Å². The van der Waals surface area contributed by atoms with Crippen molar-refractivity contribution in [2.45, 2.75) is 45.1 Å². The molecule has 0 saturated carbocycles. The van der Waals surface area contributed by atoms with E-state index in [1.807, 2.05) is 25.7 Å². The zero-order chi connectivity index (χ0) is 16.6. The summed E-state index contributed by atoms with van der Waals surface area (Å²) in [4.78, 5) is 17.3. The van der Waals surface area contributed by atoms with Crippen LogP contribution >= 0.6 is 15.9 Å². The van der Waals surface area contributed by atoms with Crippen LogP contribution in [0, 0.1) is 0 Å². The third-order valence-corrected chi connectivity index (χ3v) is 4.76. The van der Waals surface area contributed by atoms with E-state index < -0.39 is 5.60 Å². The molecule has 1 aromatic carbocycles. The lowest BCUT2D eigenvalue weighted by Gasteiger charge is -2.33. The Kier molecular flexibility index (Phi) is 4.41. The minimum Gasteiger partial charge on any atom is -0.444 e. The number of nitrogens with zero attached hydrogens (tertiary/aromatic N) is 1. The van der Waals surface area contributed by atoms with Crippen LogP contribution in [-0.2, 0) is 4.74 Å². The predicted octanol–water partition coefficient (Wildman–Crippen LogP) is 5.04. The number of hydrogen-bond acceptors (Lipinski definition) is 2. The monoisotopic (exact) mass is 378 g/mol. The largest absolute Gasteiger partial charge is 0.444 e. The fourth-order valence-corrected chi connectivity index (χ4v) is 3.52. The highest BCUT2D eigenvalue weighted by Gasteiger charge is 2.28. The van der Waals surface area contributed by atoms with Crippen LogP contribution < -0.4 is 0 Å². The summed E-state index contributed by atoms with van der Waals surface area (Å²) in [5.41, 5.74) is 2.08. The number of aromatic amines is 1. The van der Waals surface area contributed by atoms with Crippen molar-refractivity contribution in [2.75, 3.05) is 13.1 Å². The SMILES string of the molecule is CC(C)(C)OC(=O)N1CCC(c2c[nH]c3cc(Br)ccc23)CC1. The Morgan fingerprint density at radius 2 is 2.00 bits per heavy atom. The third-order valence-electron chi connectivity index (χ3n) is 4.26. The third kappa shape index (κ3) is 3.71. The maximum atomic E-state index is 12.1. The predicted molar refractivity (Wildman–Crippen MR) is 95.8 cm³/mol. The molecule has 1 amide bonds. The number of hydrogen-bond donors (Lipinski definition) is 1. The van der Waals surface area contributed by atoms with Crippen molar-refractivity contribution in [1.82, 2.24) is 9.88 Å². The normalized spacial score (nSPS) is 16.8. The Bertz CT molecular complexity index is 709. The van der Waals surface area contributed by atoms with Gasteiger partial charge in [-0.3, -0.25) is 0 Å². The summed E-state index contributed by atoms with van der Waals surface area (Å²) < 4.78 is 6.54. The van der Waals surface area contributed by atoms with Crippen LogP contribution in [0.5, 0.6) is 0 Å². The number of ether oxygens (including phenoxy) is 1. The van der Waals surface area contributed by atoms with Crippen LogP contribution in [0.15, 0.2) is 28.9 Å². The Morgan fingerprint density at radius 1 is 1.30 bits per heavy atom. The molecule has 4 nitrogen and oxygen atoms in total. The molecule has 124 valence electrons. The van der Waals surface area contributed by atoms with Gasteiger partial charge in [0.25, 0.3) is 0 Å². The summed E-state index contributed by atoms with van der Waals surface area (Å²) in [5, 5.41) is 1.28. The van der Waals surface area contributed by atoms with Crippen LogP contribution in [0.25, 0.3) is 10.9 Å². The highest BCUT2D eigenvalue weighted by molar-refractivity contribution is 9.10. The minimum atomic E-state index is -0.432. The van der Waals surface area contributed by atoms with Gasteiger partial charge in [-0.2, -0.15) is 0 Å². The number of carbonyl (C=O) groups is 1. The number of benzene rings is 1. The lowest BCUT2D eigenvalue weighted by atomic mass is 9.89. The molecule has 1 fully saturated rings. The summed E-state index contributed by atoms with van der Waals surface area (Å²) in [6.07, 6.45) is 3.87. The number of piperidine rings is 1. The highest BCUT2D eigenvalue weighted by Crippen LogP contribution is 2.34. The van der Waals surface area contributed by atoms with Crippen molar-refractivity contribution >= 4 is 32.9 Å². The molecule has 23 heavy (non-hydrogen) atoms. The molecule has 1 N–H and O–H groups in total. The van der Waals surface area contributed by atoms with Gasteiger partial charge >= 0.3 is 6.09 Å². The second kappa shape index (κ2) is 6.19. The fraction of sp³-hybridized carbons (Fsp3) is 0.500. The molecule has 2 aromatic rings. The standard InChI is InChI=1S/C18H23BrN2O2/c1-18(2,3)23-17(22)21-8-6-12(7-9-21)15-11-20-16-10-13(19)4-5-14(15)16/h4-5,10-12,20H,6-9H2,1-3H3. The van der Waals surface area contributed by atoms with Crippen molar-refractivity contribution < 1.29 is 9.53 Å². The molecular formula is C18H23BrN2O2. The number of aromatic nitrogens is 1. The minimum absolute atomic E-state index is 0.196. The molecular weight excluding hydrogens is 356 g/mol. The average Bonchev–Trinajstić information content (AvgIpc) is 2.88. The first-order valence-electron chi connectivity index (χ1n) is 8.08.